The first-order valence-electron chi connectivity index (χ1n) is 7.67. The van der Waals surface area contributed by atoms with Crippen LogP contribution in [0.4, 0.5) is 0 Å². The Hall–Kier alpha value is -2.24. The van der Waals surface area contributed by atoms with E-state index in [1.165, 1.54) is 0 Å². The third-order valence-electron chi connectivity index (χ3n) is 4.11. The number of carbonyl (C=O) groups excluding carboxylic acids is 1. The summed E-state index contributed by atoms with van der Waals surface area (Å²) < 4.78 is 5.19. The third kappa shape index (κ3) is 3.00. The Labute approximate surface area is 129 Å². The molecular formula is C16H20N4O2. The van der Waals surface area contributed by atoms with Crippen molar-refractivity contribution in [3.8, 4) is 0 Å². The summed E-state index contributed by atoms with van der Waals surface area (Å²) >= 11 is 0. The molecule has 0 spiro atoms. The van der Waals surface area contributed by atoms with Gasteiger partial charge in [0.15, 0.2) is 0 Å². The summed E-state index contributed by atoms with van der Waals surface area (Å²) in [5, 5.41) is 3.95. The van der Waals surface area contributed by atoms with Gasteiger partial charge in [-0.15, -0.1) is 0 Å². The van der Waals surface area contributed by atoms with Crippen LogP contribution in [0.1, 0.15) is 60.5 Å². The predicted octanol–water partition coefficient (Wildman–Crippen LogP) is 2.61. The molecule has 116 valence electrons. The van der Waals surface area contributed by atoms with Gasteiger partial charge in [0, 0.05) is 43.7 Å². The highest BCUT2D eigenvalue weighted by atomic mass is 16.5. The lowest BCUT2D eigenvalue weighted by Gasteiger charge is -2.30. The van der Waals surface area contributed by atoms with Crippen LogP contribution in [-0.2, 0) is 0 Å². The van der Waals surface area contributed by atoms with Crippen molar-refractivity contribution in [1.29, 1.82) is 0 Å². The van der Waals surface area contributed by atoms with Crippen LogP contribution in [0.25, 0.3) is 0 Å². The van der Waals surface area contributed by atoms with E-state index >= 15 is 0 Å². The fourth-order valence-electron chi connectivity index (χ4n) is 2.72. The van der Waals surface area contributed by atoms with Gasteiger partial charge in [-0.1, -0.05) is 19.0 Å². The fraction of sp³-hybridized carbons (Fsp3) is 0.500. The molecule has 22 heavy (non-hydrogen) atoms. The second kappa shape index (κ2) is 6.25. The summed E-state index contributed by atoms with van der Waals surface area (Å²) in [7, 11) is 0. The van der Waals surface area contributed by atoms with E-state index in [-0.39, 0.29) is 11.8 Å². The van der Waals surface area contributed by atoms with Crippen LogP contribution in [0.15, 0.2) is 29.2 Å². The average molecular weight is 300 g/mol. The number of likely N-dealkylation sites (tertiary alicyclic amines) is 1. The largest absolute Gasteiger partial charge is 0.351 e. The van der Waals surface area contributed by atoms with Crippen LogP contribution in [-0.4, -0.2) is 39.0 Å². The normalized spacial score (nSPS) is 16.2. The Balaban J connectivity index is 1.62. The molecule has 0 saturated carbocycles. The molecular weight excluding hydrogens is 280 g/mol. The Bertz CT molecular complexity index is 631. The first-order chi connectivity index (χ1) is 10.6. The molecule has 3 rings (SSSR count). The molecule has 0 unspecified atom stereocenters. The van der Waals surface area contributed by atoms with E-state index in [9.17, 15) is 4.79 Å². The van der Waals surface area contributed by atoms with Gasteiger partial charge in [-0.2, -0.15) is 0 Å². The van der Waals surface area contributed by atoms with Gasteiger partial charge < -0.3 is 9.42 Å². The first kappa shape index (κ1) is 14.7. The zero-order valence-corrected chi connectivity index (χ0v) is 12.9. The van der Waals surface area contributed by atoms with Crippen molar-refractivity contribution in [3.63, 3.8) is 0 Å². The van der Waals surface area contributed by atoms with Gasteiger partial charge in [-0.3, -0.25) is 14.8 Å². The van der Waals surface area contributed by atoms with E-state index in [1.807, 2.05) is 24.9 Å². The van der Waals surface area contributed by atoms with Gasteiger partial charge in [0.05, 0.1) is 11.4 Å². The van der Waals surface area contributed by atoms with E-state index in [0.29, 0.717) is 24.8 Å². The van der Waals surface area contributed by atoms with Gasteiger partial charge >= 0.3 is 0 Å². The number of hydrogen-bond donors (Lipinski definition) is 0. The monoisotopic (exact) mass is 300 g/mol. The number of piperidine rings is 1. The molecule has 0 atom stereocenters. The number of nitrogens with zero attached hydrogens (tertiary/aromatic N) is 4. The SMILES string of the molecule is CC(C)c1cc(C(=O)N2CCC(c3cnccn3)CC2)on1. The van der Waals surface area contributed by atoms with E-state index in [1.54, 1.807) is 18.5 Å². The summed E-state index contributed by atoms with van der Waals surface area (Å²) in [6.45, 7) is 5.46. The zero-order chi connectivity index (χ0) is 15.5. The van der Waals surface area contributed by atoms with Crippen molar-refractivity contribution in [3.05, 3.63) is 41.8 Å². The van der Waals surface area contributed by atoms with Gasteiger partial charge in [-0.25, -0.2) is 0 Å². The maximum absolute atomic E-state index is 12.4. The van der Waals surface area contributed by atoms with Crippen molar-refractivity contribution in [2.45, 2.75) is 38.5 Å². The summed E-state index contributed by atoms with van der Waals surface area (Å²) in [6, 6.07) is 1.75. The number of rotatable bonds is 3. The van der Waals surface area contributed by atoms with Crippen LogP contribution in [0.5, 0.6) is 0 Å². The quantitative estimate of drug-likeness (QED) is 0.871. The first-order valence-corrected chi connectivity index (χ1v) is 7.67. The topological polar surface area (TPSA) is 72.1 Å². The van der Waals surface area contributed by atoms with Crippen LogP contribution in [0, 0.1) is 0 Å². The molecule has 3 heterocycles. The predicted molar refractivity (Wildman–Crippen MR) is 80.5 cm³/mol. The molecule has 1 amide bonds. The number of amides is 1. The molecule has 0 aromatic carbocycles. The number of hydrogen-bond acceptors (Lipinski definition) is 5. The molecule has 0 bridgehead atoms. The Morgan fingerprint density at radius 3 is 2.68 bits per heavy atom. The van der Waals surface area contributed by atoms with Crippen LogP contribution < -0.4 is 0 Å². The molecule has 1 aliphatic heterocycles. The highest BCUT2D eigenvalue weighted by molar-refractivity contribution is 5.91. The smallest absolute Gasteiger partial charge is 0.292 e. The second-order valence-electron chi connectivity index (χ2n) is 5.97. The Morgan fingerprint density at radius 2 is 2.09 bits per heavy atom. The van der Waals surface area contributed by atoms with E-state index in [4.69, 9.17) is 4.52 Å². The van der Waals surface area contributed by atoms with Gasteiger partial charge in [-0.05, 0) is 18.8 Å². The van der Waals surface area contributed by atoms with Gasteiger partial charge in [0.2, 0.25) is 5.76 Å². The molecule has 1 aliphatic rings. The average Bonchev–Trinajstić information content (AvgIpc) is 3.05. The van der Waals surface area contributed by atoms with Crippen molar-refractivity contribution < 1.29 is 9.32 Å². The highest BCUT2D eigenvalue weighted by Crippen LogP contribution is 2.27. The van der Waals surface area contributed by atoms with Crippen molar-refractivity contribution in [2.75, 3.05) is 13.1 Å². The molecule has 6 nitrogen and oxygen atoms in total. The Kier molecular flexibility index (Phi) is 4.18. The maximum Gasteiger partial charge on any atom is 0.292 e. The molecule has 1 fully saturated rings. The third-order valence-corrected chi connectivity index (χ3v) is 4.11. The Morgan fingerprint density at radius 1 is 1.32 bits per heavy atom. The lowest BCUT2D eigenvalue weighted by molar-refractivity contribution is 0.0670. The molecule has 2 aromatic rings. The van der Waals surface area contributed by atoms with E-state index in [0.717, 1.165) is 24.2 Å². The van der Waals surface area contributed by atoms with E-state index < -0.39 is 0 Å². The van der Waals surface area contributed by atoms with Crippen molar-refractivity contribution >= 4 is 5.91 Å². The maximum atomic E-state index is 12.4. The molecule has 2 aromatic heterocycles. The lowest BCUT2D eigenvalue weighted by atomic mass is 9.93. The van der Waals surface area contributed by atoms with Crippen LogP contribution in [0.3, 0.4) is 0 Å². The van der Waals surface area contributed by atoms with E-state index in [2.05, 4.69) is 15.1 Å². The van der Waals surface area contributed by atoms with Gasteiger partial charge in [0.1, 0.15) is 0 Å². The molecule has 0 aliphatic carbocycles. The standard InChI is InChI=1S/C16H20N4O2/c1-11(2)13-9-15(22-19-13)16(21)20-7-3-12(4-8-20)14-10-17-5-6-18-14/h5-6,9-12H,3-4,7-8H2,1-2H3. The van der Waals surface area contributed by atoms with Crippen LogP contribution in [0.2, 0.25) is 0 Å². The number of aromatic nitrogens is 3. The zero-order valence-electron chi connectivity index (χ0n) is 12.9. The fourth-order valence-corrected chi connectivity index (χ4v) is 2.72. The summed E-state index contributed by atoms with van der Waals surface area (Å²) in [4.78, 5) is 22.7. The summed E-state index contributed by atoms with van der Waals surface area (Å²) in [5.74, 6) is 0.894. The van der Waals surface area contributed by atoms with Crippen molar-refractivity contribution in [1.82, 2.24) is 20.0 Å². The van der Waals surface area contributed by atoms with Gasteiger partial charge in [0.25, 0.3) is 5.91 Å². The summed E-state index contributed by atoms with van der Waals surface area (Å²) in [5.41, 5.74) is 1.83. The molecule has 0 radical (unpaired) electrons. The minimum Gasteiger partial charge on any atom is -0.351 e. The molecule has 0 N–H and O–H groups in total. The summed E-state index contributed by atoms with van der Waals surface area (Å²) in [6.07, 6.45) is 7.01. The highest BCUT2D eigenvalue weighted by Gasteiger charge is 2.27. The van der Waals surface area contributed by atoms with Crippen LogP contribution >= 0.6 is 0 Å². The van der Waals surface area contributed by atoms with Crippen molar-refractivity contribution in [2.24, 2.45) is 0 Å². The number of carbonyl (C=O) groups is 1. The minimum atomic E-state index is -0.0722. The second-order valence-corrected chi connectivity index (χ2v) is 5.97. The lowest BCUT2D eigenvalue weighted by Crippen LogP contribution is -2.37. The minimum absolute atomic E-state index is 0.0722. The molecule has 1 saturated heterocycles. The molecule has 6 heteroatoms.